The van der Waals surface area contributed by atoms with Gasteiger partial charge in [-0.25, -0.2) is 9.59 Å². The third-order valence-corrected chi connectivity index (χ3v) is 4.26. The first-order valence-corrected chi connectivity index (χ1v) is 11.3. The summed E-state index contributed by atoms with van der Waals surface area (Å²) in [6.45, 7) is 8.59. The van der Waals surface area contributed by atoms with Crippen LogP contribution < -0.4 is 16.0 Å². The van der Waals surface area contributed by atoms with Crippen molar-refractivity contribution < 1.29 is 44.0 Å². The van der Waals surface area contributed by atoms with Gasteiger partial charge in [-0.05, 0) is 54.4 Å². The average Bonchev–Trinajstić information content (AvgIpc) is 2.67. The second kappa shape index (κ2) is 14.5. The van der Waals surface area contributed by atoms with E-state index in [-0.39, 0.29) is 19.0 Å². The molecular formula is C22H40N4O9. The Hall–Kier alpha value is -2.93. The molecule has 35 heavy (non-hydrogen) atoms. The van der Waals surface area contributed by atoms with Gasteiger partial charge in [-0.2, -0.15) is 0 Å². The zero-order valence-corrected chi connectivity index (χ0v) is 21.4. The number of aliphatic carboxylic acids is 1. The number of alkyl carbamates (subject to hydrolysis) is 2. The number of carboxylic acid groups (broad SMARTS) is 1. The molecule has 3 amide bonds. The van der Waals surface area contributed by atoms with E-state index in [1.165, 1.54) is 0 Å². The normalized spacial score (nSPS) is 11.8. The predicted molar refractivity (Wildman–Crippen MR) is 127 cm³/mol. The number of hydrogen-bond acceptors (Lipinski definition) is 9. The Balaban J connectivity index is 4.66. The molecule has 0 atom stereocenters. The number of aliphatic imine (C=N–C) groups is 1. The molecular weight excluding hydrogens is 464 g/mol. The molecule has 0 aliphatic rings. The summed E-state index contributed by atoms with van der Waals surface area (Å²) < 4.78 is 10.3. The number of hydrogen-bond donors (Lipinski definition) is 6. The highest BCUT2D eigenvalue weighted by Gasteiger charge is 2.45. The molecule has 0 radical (unpaired) electrons. The van der Waals surface area contributed by atoms with Crippen LogP contribution in [0.25, 0.3) is 0 Å². The van der Waals surface area contributed by atoms with Crippen LogP contribution in [0.5, 0.6) is 0 Å². The summed E-state index contributed by atoms with van der Waals surface area (Å²) in [5.74, 6) is -2.67. The summed E-state index contributed by atoms with van der Waals surface area (Å²) in [6, 6.07) is 0. The van der Waals surface area contributed by atoms with Crippen molar-refractivity contribution >= 4 is 30.0 Å². The highest BCUT2D eigenvalue weighted by Crippen LogP contribution is 2.16. The van der Waals surface area contributed by atoms with Crippen LogP contribution >= 0.6 is 0 Å². The number of rotatable bonds is 11. The van der Waals surface area contributed by atoms with Crippen molar-refractivity contribution in [2.45, 2.75) is 78.4 Å². The third kappa shape index (κ3) is 13.5. The van der Waals surface area contributed by atoms with Crippen molar-refractivity contribution in [3.05, 3.63) is 0 Å². The van der Waals surface area contributed by atoms with Crippen LogP contribution in [-0.2, 0) is 19.1 Å². The first-order chi connectivity index (χ1) is 16.1. The Morgan fingerprint density at radius 2 is 1.23 bits per heavy atom. The van der Waals surface area contributed by atoms with E-state index in [4.69, 9.17) is 14.6 Å². The Morgan fingerprint density at radius 1 is 0.771 bits per heavy atom. The fraction of sp³-hybridized carbons (Fsp3) is 0.773. The first kappa shape index (κ1) is 32.1. The number of unbranched alkanes of at least 4 members (excludes halogenated alkanes) is 3. The predicted octanol–water partition coefficient (Wildman–Crippen LogP) is 1.12. The number of guanidine groups is 1. The molecule has 13 heteroatoms. The fourth-order valence-electron chi connectivity index (χ4n) is 2.49. The number of aliphatic hydroxyl groups excluding tert-OH is 2. The lowest BCUT2D eigenvalue weighted by Crippen LogP contribution is -2.51. The van der Waals surface area contributed by atoms with E-state index in [2.05, 4.69) is 20.9 Å². The van der Waals surface area contributed by atoms with Gasteiger partial charge in [0.25, 0.3) is 0 Å². The number of ether oxygens (including phenoxy) is 2. The van der Waals surface area contributed by atoms with Crippen LogP contribution in [-0.4, -0.2) is 82.8 Å². The molecule has 0 aromatic carbocycles. The summed E-state index contributed by atoms with van der Waals surface area (Å²) in [5.41, 5.74) is -3.75. The Labute approximate surface area is 205 Å². The van der Waals surface area contributed by atoms with E-state index in [1.807, 2.05) is 0 Å². The minimum atomic E-state index is -2.27. The molecule has 0 rings (SSSR count). The van der Waals surface area contributed by atoms with E-state index < -0.39 is 53.9 Å². The minimum Gasteiger partial charge on any atom is -0.480 e. The Morgan fingerprint density at radius 3 is 1.63 bits per heavy atom. The lowest BCUT2D eigenvalue weighted by molar-refractivity contribution is -0.162. The lowest BCUT2D eigenvalue weighted by atomic mass is 9.89. The number of nitrogens with one attached hydrogen (secondary N) is 3. The molecule has 0 spiro atoms. The van der Waals surface area contributed by atoms with Crippen molar-refractivity contribution in [3.63, 3.8) is 0 Å². The lowest BCUT2D eigenvalue weighted by Gasteiger charge is -2.23. The molecule has 0 aromatic rings. The van der Waals surface area contributed by atoms with Crippen LogP contribution in [0.1, 0.15) is 67.2 Å². The van der Waals surface area contributed by atoms with Gasteiger partial charge < -0.3 is 30.1 Å². The number of carboxylic acids is 1. The van der Waals surface area contributed by atoms with Gasteiger partial charge in [0.05, 0.1) is 13.2 Å². The van der Waals surface area contributed by atoms with Crippen LogP contribution in [0.15, 0.2) is 4.99 Å². The fourth-order valence-corrected chi connectivity index (χ4v) is 2.49. The summed E-state index contributed by atoms with van der Waals surface area (Å²) in [7, 11) is 0. The molecule has 0 fully saturated rings. The van der Waals surface area contributed by atoms with Gasteiger partial charge in [0.1, 0.15) is 11.2 Å². The van der Waals surface area contributed by atoms with Crippen LogP contribution in [0.2, 0.25) is 0 Å². The first-order valence-electron chi connectivity index (χ1n) is 11.3. The zero-order chi connectivity index (χ0) is 27.3. The van der Waals surface area contributed by atoms with Crippen molar-refractivity contribution in [2.75, 3.05) is 26.3 Å². The van der Waals surface area contributed by atoms with E-state index in [1.54, 1.807) is 41.5 Å². The van der Waals surface area contributed by atoms with Gasteiger partial charge in [0.2, 0.25) is 11.9 Å². The van der Waals surface area contributed by atoms with Gasteiger partial charge in [-0.15, -0.1) is 0 Å². The van der Waals surface area contributed by atoms with Crippen LogP contribution in [0, 0.1) is 5.41 Å². The number of carbonyl (C=O) groups excluding carboxylic acids is 3. The monoisotopic (exact) mass is 504 g/mol. The molecule has 13 nitrogen and oxygen atoms in total. The number of carbonyl (C=O) groups is 4. The van der Waals surface area contributed by atoms with Gasteiger partial charge in [-0.3, -0.25) is 25.2 Å². The second-order valence-electron chi connectivity index (χ2n) is 9.86. The third-order valence-electron chi connectivity index (χ3n) is 4.26. The van der Waals surface area contributed by atoms with Crippen LogP contribution in [0.3, 0.4) is 0 Å². The number of amides is 3. The zero-order valence-electron chi connectivity index (χ0n) is 21.4. The molecule has 0 aliphatic carbocycles. The highest BCUT2D eigenvalue weighted by molar-refractivity contribution is 6.02. The molecule has 0 unspecified atom stereocenters. The topological polar surface area (TPSA) is 196 Å². The van der Waals surface area contributed by atoms with Crippen LogP contribution in [0.4, 0.5) is 9.59 Å². The summed E-state index contributed by atoms with van der Waals surface area (Å²) in [6.07, 6.45) is 0.909. The van der Waals surface area contributed by atoms with Gasteiger partial charge in [0, 0.05) is 13.1 Å². The molecule has 0 aromatic heterocycles. The van der Waals surface area contributed by atoms with Crippen molar-refractivity contribution in [1.29, 1.82) is 0 Å². The standard InChI is InChI=1S/C22H40N4O9/c1-20(2,3)34-18(32)25-17(26-19(33)35-21(4,5)6)24-12-10-8-7-9-11-23-15(29)22(13-27,14-28)16(30)31/h27-28H,7-14H2,1-6H3,(H,23,29)(H,30,31)(H2,24,25,26,32,33). The molecule has 6 N–H and O–H groups in total. The molecule has 0 bridgehead atoms. The van der Waals surface area contributed by atoms with E-state index in [0.29, 0.717) is 25.7 Å². The number of nitrogens with zero attached hydrogens (tertiary/aromatic N) is 1. The van der Waals surface area contributed by atoms with E-state index >= 15 is 0 Å². The molecule has 0 saturated heterocycles. The number of aliphatic hydroxyl groups is 2. The molecule has 0 aliphatic heterocycles. The average molecular weight is 505 g/mol. The Kier molecular flexibility index (Phi) is 13.3. The summed E-state index contributed by atoms with van der Waals surface area (Å²) in [4.78, 5) is 51.5. The SMILES string of the molecule is CC(C)(C)OC(=O)NC(=NCCCCCCNC(=O)C(CO)(CO)C(=O)O)NC(=O)OC(C)(C)C. The van der Waals surface area contributed by atoms with Crippen molar-refractivity contribution in [1.82, 2.24) is 16.0 Å². The maximum Gasteiger partial charge on any atom is 0.414 e. The van der Waals surface area contributed by atoms with Gasteiger partial charge in [-0.1, -0.05) is 12.8 Å². The van der Waals surface area contributed by atoms with E-state index in [0.717, 1.165) is 0 Å². The van der Waals surface area contributed by atoms with Gasteiger partial charge in [0.15, 0.2) is 5.41 Å². The molecule has 202 valence electrons. The molecule has 0 heterocycles. The quantitative estimate of drug-likeness (QED) is 0.103. The van der Waals surface area contributed by atoms with E-state index in [9.17, 15) is 29.4 Å². The van der Waals surface area contributed by atoms with Crippen molar-refractivity contribution in [2.24, 2.45) is 10.4 Å². The summed E-state index contributed by atoms with van der Waals surface area (Å²) in [5, 5.41) is 34.7. The minimum absolute atomic E-state index is 0.112. The molecule has 0 saturated carbocycles. The highest BCUT2D eigenvalue weighted by atomic mass is 16.6. The maximum absolute atomic E-state index is 12.0. The van der Waals surface area contributed by atoms with Crippen molar-refractivity contribution in [3.8, 4) is 0 Å². The largest absolute Gasteiger partial charge is 0.480 e. The van der Waals surface area contributed by atoms with Gasteiger partial charge >= 0.3 is 18.2 Å². The second-order valence-corrected chi connectivity index (χ2v) is 9.86. The maximum atomic E-state index is 12.0. The smallest absolute Gasteiger partial charge is 0.414 e. The Bertz CT molecular complexity index is 719. The summed E-state index contributed by atoms with van der Waals surface area (Å²) >= 11 is 0.